The highest BCUT2D eigenvalue weighted by molar-refractivity contribution is 5.94. The maximum absolute atomic E-state index is 11.5. The molecule has 1 aliphatic heterocycles. The van der Waals surface area contributed by atoms with Gasteiger partial charge in [-0.1, -0.05) is 6.07 Å². The predicted octanol–water partition coefficient (Wildman–Crippen LogP) is 2.39. The molecule has 0 aromatic heterocycles. The Kier molecular flexibility index (Phi) is 3.64. The Morgan fingerprint density at radius 3 is 2.62 bits per heavy atom. The predicted molar refractivity (Wildman–Crippen MR) is 79.7 cm³/mol. The molecule has 0 saturated carbocycles. The number of rotatable bonds is 4. The Bertz CT molecular complexity index is 653. The van der Waals surface area contributed by atoms with E-state index in [1.165, 1.54) is 0 Å². The van der Waals surface area contributed by atoms with Crippen molar-refractivity contribution in [3.05, 3.63) is 53.6 Å². The Balaban J connectivity index is 1.63. The lowest BCUT2D eigenvalue weighted by molar-refractivity contribution is 0.0963. The van der Waals surface area contributed by atoms with Gasteiger partial charge in [-0.05, 0) is 42.0 Å². The van der Waals surface area contributed by atoms with Gasteiger partial charge in [-0.3, -0.25) is 4.79 Å². The van der Waals surface area contributed by atoms with Gasteiger partial charge in [0.2, 0.25) is 6.79 Å². The maximum atomic E-state index is 11.5. The van der Waals surface area contributed by atoms with Gasteiger partial charge in [0.1, 0.15) is 0 Å². The van der Waals surface area contributed by atoms with Crippen LogP contribution in [0.4, 0.5) is 5.69 Å². The van der Waals surface area contributed by atoms with E-state index in [0.717, 1.165) is 22.7 Å². The lowest BCUT2D eigenvalue weighted by Crippen LogP contribution is -2.17. The minimum atomic E-state index is -0.0858. The lowest BCUT2D eigenvalue weighted by Gasteiger charge is -2.08. The van der Waals surface area contributed by atoms with Gasteiger partial charge in [0, 0.05) is 24.8 Å². The first-order chi connectivity index (χ1) is 10.3. The first-order valence-corrected chi connectivity index (χ1v) is 6.71. The second-order valence-electron chi connectivity index (χ2n) is 4.70. The maximum Gasteiger partial charge on any atom is 0.251 e. The Labute approximate surface area is 122 Å². The summed E-state index contributed by atoms with van der Waals surface area (Å²) in [5.41, 5.74) is 2.71. The summed E-state index contributed by atoms with van der Waals surface area (Å²) >= 11 is 0. The van der Waals surface area contributed by atoms with Crippen LogP contribution in [0.5, 0.6) is 11.5 Å². The van der Waals surface area contributed by atoms with Crippen LogP contribution >= 0.6 is 0 Å². The van der Waals surface area contributed by atoms with Crippen molar-refractivity contribution in [1.29, 1.82) is 0 Å². The number of hydrogen-bond acceptors (Lipinski definition) is 4. The van der Waals surface area contributed by atoms with Gasteiger partial charge >= 0.3 is 0 Å². The van der Waals surface area contributed by atoms with Crippen LogP contribution in [0.15, 0.2) is 42.5 Å². The summed E-state index contributed by atoms with van der Waals surface area (Å²) in [5.74, 6) is 1.48. The monoisotopic (exact) mass is 284 g/mol. The fourth-order valence-corrected chi connectivity index (χ4v) is 2.14. The molecular formula is C16H16N2O3. The summed E-state index contributed by atoms with van der Waals surface area (Å²) < 4.78 is 10.6. The largest absolute Gasteiger partial charge is 0.454 e. The number of amides is 1. The third-order valence-corrected chi connectivity index (χ3v) is 3.31. The van der Waals surface area contributed by atoms with Crippen molar-refractivity contribution in [2.45, 2.75) is 6.54 Å². The molecule has 0 radical (unpaired) electrons. The first kappa shape index (κ1) is 13.3. The van der Waals surface area contributed by atoms with Crippen LogP contribution in [-0.4, -0.2) is 19.7 Å². The smallest absolute Gasteiger partial charge is 0.251 e. The zero-order chi connectivity index (χ0) is 14.7. The summed E-state index contributed by atoms with van der Waals surface area (Å²) in [4.78, 5) is 11.5. The average Bonchev–Trinajstić information content (AvgIpc) is 3.00. The topological polar surface area (TPSA) is 59.6 Å². The standard InChI is InChI=1S/C16H16N2O3/c1-17-16(19)12-3-5-13(6-4-12)18-9-11-2-7-14-15(8-11)21-10-20-14/h2-8,18H,9-10H2,1H3,(H,17,19). The van der Waals surface area contributed by atoms with Crippen LogP contribution in [0, 0.1) is 0 Å². The average molecular weight is 284 g/mol. The van der Waals surface area contributed by atoms with Gasteiger partial charge in [0.25, 0.3) is 5.91 Å². The Morgan fingerprint density at radius 1 is 1.10 bits per heavy atom. The van der Waals surface area contributed by atoms with Gasteiger partial charge in [0.05, 0.1) is 0 Å². The van der Waals surface area contributed by atoms with Crippen LogP contribution in [0.3, 0.4) is 0 Å². The molecule has 0 aliphatic carbocycles. The van der Waals surface area contributed by atoms with Crippen LogP contribution in [0.2, 0.25) is 0 Å². The third kappa shape index (κ3) is 2.91. The second-order valence-corrected chi connectivity index (χ2v) is 4.70. The van der Waals surface area contributed by atoms with E-state index in [1.54, 1.807) is 19.2 Å². The molecule has 0 atom stereocenters. The quantitative estimate of drug-likeness (QED) is 0.905. The molecule has 0 spiro atoms. The molecule has 0 bridgehead atoms. The molecule has 5 nitrogen and oxygen atoms in total. The van der Waals surface area contributed by atoms with Gasteiger partial charge in [0.15, 0.2) is 11.5 Å². The number of anilines is 1. The number of benzene rings is 2. The second kappa shape index (κ2) is 5.75. The van der Waals surface area contributed by atoms with Gasteiger partial charge < -0.3 is 20.1 Å². The van der Waals surface area contributed by atoms with Crippen LogP contribution in [0.25, 0.3) is 0 Å². The zero-order valence-electron chi connectivity index (χ0n) is 11.7. The molecule has 1 aliphatic rings. The molecule has 0 saturated heterocycles. The van der Waals surface area contributed by atoms with E-state index in [4.69, 9.17) is 9.47 Å². The minimum Gasteiger partial charge on any atom is -0.454 e. The van der Waals surface area contributed by atoms with E-state index >= 15 is 0 Å². The highest BCUT2D eigenvalue weighted by Gasteiger charge is 2.12. The molecule has 1 amide bonds. The number of ether oxygens (including phenoxy) is 2. The van der Waals surface area contributed by atoms with Gasteiger partial charge in [-0.25, -0.2) is 0 Å². The summed E-state index contributed by atoms with van der Waals surface area (Å²) in [6, 6.07) is 13.2. The fraction of sp³-hybridized carbons (Fsp3) is 0.188. The third-order valence-electron chi connectivity index (χ3n) is 3.31. The summed E-state index contributed by atoms with van der Waals surface area (Å²) in [6.45, 7) is 0.961. The van der Waals surface area contributed by atoms with E-state index in [2.05, 4.69) is 10.6 Å². The molecule has 21 heavy (non-hydrogen) atoms. The van der Waals surface area contributed by atoms with Crippen LogP contribution in [-0.2, 0) is 6.54 Å². The van der Waals surface area contributed by atoms with Crippen molar-refractivity contribution in [3.63, 3.8) is 0 Å². The number of carbonyl (C=O) groups is 1. The summed E-state index contributed by atoms with van der Waals surface area (Å²) in [5, 5.41) is 5.91. The van der Waals surface area contributed by atoms with E-state index in [-0.39, 0.29) is 12.7 Å². The Morgan fingerprint density at radius 2 is 1.86 bits per heavy atom. The molecule has 0 unspecified atom stereocenters. The van der Waals surface area contributed by atoms with Crippen molar-refractivity contribution in [3.8, 4) is 11.5 Å². The normalized spacial score (nSPS) is 12.0. The van der Waals surface area contributed by atoms with Gasteiger partial charge in [-0.15, -0.1) is 0 Å². The minimum absolute atomic E-state index is 0.0858. The summed E-state index contributed by atoms with van der Waals surface area (Å²) in [6.07, 6.45) is 0. The van der Waals surface area contributed by atoms with Crippen molar-refractivity contribution in [1.82, 2.24) is 5.32 Å². The van der Waals surface area contributed by atoms with Crippen LogP contribution < -0.4 is 20.1 Å². The number of carbonyl (C=O) groups excluding carboxylic acids is 1. The van der Waals surface area contributed by atoms with Crippen molar-refractivity contribution in [2.75, 3.05) is 19.2 Å². The lowest BCUT2D eigenvalue weighted by atomic mass is 10.1. The van der Waals surface area contributed by atoms with E-state index in [9.17, 15) is 4.79 Å². The molecule has 5 heteroatoms. The van der Waals surface area contributed by atoms with Gasteiger partial charge in [-0.2, -0.15) is 0 Å². The molecule has 108 valence electrons. The SMILES string of the molecule is CNC(=O)c1ccc(NCc2ccc3c(c2)OCO3)cc1. The van der Waals surface area contributed by atoms with E-state index < -0.39 is 0 Å². The van der Waals surface area contributed by atoms with E-state index in [0.29, 0.717) is 12.1 Å². The fourth-order valence-electron chi connectivity index (χ4n) is 2.14. The molecule has 2 N–H and O–H groups in total. The highest BCUT2D eigenvalue weighted by atomic mass is 16.7. The van der Waals surface area contributed by atoms with Crippen molar-refractivity contribution < 1.29 is 14.3 Å². The van der Waals surface area contributed by atoms with Crippen molar-refractivity contribution >= 4 is 11.6 Å². The van der Waals surface area contributed by atoms with Crippen LogP contribution in [0.1, 0.15) is 15.9 Å². The summed E-state index contributed by atoms with van der Waals surface area (Å²) in [7, 11) is 1.62. The first-order valence-electron chi connectivity index (χ1n) is 6.71. The van der Waals surface area contributed by atoms with E-state index in [1.807, 2.05) is 30.3 Å². The number of nitrogens with one attached hydrogen (secondary N) is 2. The number of hydrogen-bond donors (Lipinski definition) is 2. The molecule has 3 rings (SSSR count). The highest BCUT2D eigenvalue weighted by Crippen LogP contribution is 2.32. The zero-order valence-corrected chi connectivity index (χ0v) is 11.7. The molecular weight excluding hydrogens is 268 g/mol. The molecule has 0 fully saturated rings. The number of fused-ring (bicyclic) bond motifs is 1. The molecule has 2 aromatic carbocycles. The van der Waals surface area contributed by atoms with Crippen molar-refractivity contribution in [2.24, 2.45) is 0 Å². The Hall–Kier alpha value is -2.69. The molecule has 1 heterocycles. The molecule has 2 aromatic rings.